The van der Waals surface area contributed by atoms with Crippen molar-refractivity contribution in [2.45, 2.75) is 90.4 Å². The number of rotatable bonds is 9. The number of aliphatic hydroxyl groups excluding tert-OH is 1. The molecular weight excluding hydrogens is 414 g/mol. The summed E-state index contributed by atoms with van der Waals surface area (Å²) in [7, 11) is -2.11. The topological polar surface area (TPSA) is 94.1 Å². The van der Waals surface area contributed by atoms with Gasteiger partial charge in [-0.05, 0) is 44.5 Å². The van der Waals surface area contributed by atoms with Crippen molar-refractivity contribution in [2.24, 2.45) is 0 Å². The molecule has 2 N–H and O–H groups in total. The molecule has 0 heterocycles. The lowest BCUT2D eigenvalue weighted by atomic mass is 10.1. The van der Waals surface area contributed by atoms with E-state index in [-0.39, 0.29) is 24.7 Å². The van der Waals surface area contributed by atoms with Gasteiger partial charge in [-0.3, -0.25) is 4.79 Å². The molecule has 0 aliphatic heterocycles. The van der Waals surface area contributed by atoms with Gasteiger partial charge in [-0.1, -0.05) is 51.1 Å². The largest absolute Gasteiger partial charge is 0.460 e. The molecule has 1 rings (SSSR count). The molecule has 2 atom stereocenters. The third-order valence-electron chi connectivity index (χ3n) is 5.21. The minimum Gasteiger partial charge on any atom is -0.460 e. The molecule has 0 bridgehead atoms. The van der Waals surface area contributed by atoms with Gasteiger partial charge in [0.1, 0.15) is 12.2 Å². The first-order chi connectivity index (χ1) is 14.1. The van der Waals surface area contributed by atoms with E-state index in [9.17, 15) is 14.7 Å². The predicted molar refractivity (Wildman–Crippen MR) is 123 cm³/mol. The Hall–Kier alpha value is -1.90. The molecule has 0 aliphatic carbocycles. The standard InChI is InChI=1S/C23H39NO6Si/c1-22(2,3)30-20(26)14-18(19(25)16-29-31(7,8)23(4,5)6)24-21(27)28-15-17-12-10-9-11-13-17/h9-13,18-19,25H,14-16H2,1-8H3,(H,24,27). The Kier molecular flexibility index (Phi) is 9.72. The zero-order chi connectivity index (χ0) is 23.9. The first-order valence-corrected chi connectivity index (χ1v) is 13.5. The van der Waals surface area contributed by atoms with Crippen molar-refractivity contribution >= 4 is 20.4 Å². The molecular formula is C23H39NO6Si. The number of ether oxygens (including phenoxy) is 2. The van der Waals surface area contributed by atoms with Gasteiger partial charge in [0.25, 0.3) is 0 Å². The molecule has 0 radical (unpaired) electrons. The van der Waals surface area contributed by atoms with Crippen molar-refractivity contribution in [2.75, 3.05) is 6.61 Å². The molecule has 8 heteroatoms. The number of benzene rings is 1. The van der Waals surface area contributed by atoms with Gasteiger partial charge < -0.3 is 24.3 Å². The van der Waals surface area contributed by atoms with Crippen molar-refractivity contribution in [3.63, 3.8) is 0 Å². The second-order valence-corrected chi connectivity index (χ2v) is 15.1. The Morgan fingerprint density at radius 3 is 2.16 bits per heavy atom. The first kappa shape index (κ1) is 27.1. The average Bonchev–Trinajstić information content (AvgIpc) is 2.62. The predicted octanol–water partition coefficient (Wildman–Crippen LogP) is 4.40. The van der Waals surface area contributed by atoms with E-state index in [1.54, 1.807) is 20.8 Å². The summed E-state index contributed by atoms with van der Waals surface area (Å²) >= 11 is 0. The van der Waals surface area contributed by atoms with Gasteiger partial charge in [0.15, 0.2) is 8.32 Å². The zero-order valence-corrected chi connectivity index (χ0v) is 21.2. The summed E-state index contributed by atoms with van der Waals surface area (Å²) in [6, 6.07) is 8.36. The lowest BCUT2D eigenvalue weighted by Crippen LogP contribution is -2.50. The van der Waals surface area contributed by atoms with Gasteiger partial charge in [-0.2, -0.15) is 0 Å². The number of aliphatic hydroxyl groups is 1. The highest BCUT2D eigenvalue weighted by Gasteiger charge is 2.38. The smallest absolute Gasteiger partial charge is 0.407 e. The van der Waals surface area contributed by atoms with Crippen LogP contribution in [0.4, 0.5) is 4.79 Å². The van der Waals surface area contributed by atoms with Crippen LogP contribution < -0.4 is 5.32 Å². The number of amides is 1. The summed E-state index contributed by atoms with van der Waals surface area (Å²) in [5.41, 5.74) is 0.168. The van der Waals surface area contributed by atoms with Crippen molar-refractivity contribution < 1.29 is 28.6 Å². The minimum absolute atomic E-state index is 0.00290. The van der Waals surface area contributed by atoms with Gasteiger partial charge in [-0.15, -0.1) is 0 Å². The van der Waals surface area contributed by atoms with E-state index in [4.69, 9.17) is 13.9 Å². The van der Waals surface area contributed by atoms with Crippen molar-refractivity contribution in [1.29, 1.82) is 0 Å². The number of hydrogen-bond acceptors (Lipinski definition) is 6. The van der Waals surface area contributed by atoms with E-state index in [0.717, 1.165) is 5.56 Å². The van der Waals surface area contributed by atoms with Crippen molar-refractivity contribution in [1.82, 2.24) is 5.32 Å². The zero-order valence-electron chi connectivity index (χ0n) is 20.2. The quantitative estimate of drug-likeness (QED) is 0.425. The Balaban J connectivity index is 2.79. The fourth-order valence-electron chi connectivity index (χ4n) is 2.39. The lowest BCUT2D eigenvalue weighted by Gasteiger charge is -2.37. The third-order valence-corrected chi connectivity index (χ3v) is 9.71. The monoisotopic (exact) mass is 453 g/mol. The van der Waals surface area contributed by atoms with Crippen LogP contribution in [0.3, 0.4) is 0 Å². The number of carbonyl (C=O) groups excluding carboxylic acids is 2. The number of alkyl carbamates (subject to hydrolysis) is 1. The molecule has 31 heavy (non-hydrogen) atoms. The fourth-order valence-corrected chi connectivity index (χ4v) is 3.41. The summed E-state index contributed by atoms with van der Waals surface area (Å²) in [5, 5.41) is 13.3. The van der Waals surface area contributed by atoms with Crippen LogP contribution in [-0.2, 0) is 25.3 Å². The van der Waals surface area contributed by atoms with Crippen molar-refractivity contribution in [3.8, 4) is 0 Å². The summed E-state index contributed by atoms with van der Waals surface area (Å²) in [5.74, 6) is -0.521. The van der Waals surface area contributed by atoms with E-state index in [0.29, 0.717) is 0 Å². The highest BCUT2D eigenvalue weighted by molar-refractivity contribution is 6.74. The molecule has 1 amide bonds. The summed E-state index contributed by atoms with van der Waals surface area (Å²) in [6.45, 7) is 15.8. The Morgan fingerprint density at radius 2 is 1.65 bits per heavy atom. The Morgan fingerprint density at radius 1 is 1.06 bits per heavy atom. The first-order valence-electron chi connectivity index (χ1n) is 10.6. The maximum Gasteiger partial charge on any atom is 0.407 e. The maximum absolute atomic E-state index is 12.3. The van der Waals surface area contributed by atoms with Crippen LogP contribution in [0.1, 0.15) is 53.5 Å². The third kappa shape index (κ3) is 10.3. The number of carbonyl (C=O) groups is 2. The Labute approximate surface area is 187 Å². The summed E-state index contributed by atoms with van der Waals surface area (Å²) in [6.07, 6.45) is -2.01. The van der Waals surface area contributed by atoms with Crippen LogP contribution in [0.2, 0.25) is 18.1 Å². The van der Waals surface area contributed by atoms with E-state index in [2.05, 4.69) is 39.2 Å². The van der Waals surface area contributed by atoms with Crippen LogP contribution in [0, 0.1) is 0 Å². The van der Waals surface area contributed by atoms with E-state index < -0.39 is 38.1 Å². The normalized spacial score (nSPS) is 14.5. The SMILES string of the molecule is CC(C)(C)OC(=O)CC(NC(=O)OCc1ccccc1)C(O)CO[Si](C)(C)C(C)(C)C. The molecule has 0 saturated carbocycles. The fraction of sp³-hybridized carbons (Fsp3) is 0.652. The molecule has 0 fully saturated rings. The number of nitrogens with one attached hydrogen (secondary N) is 1. The highest BCUT2D eigenvalue weighted by atomic mass is 28.4. The van der Waals surface area contributed by atoms with Gasteiger partial charge >= 0.3 is 12.1 Å². The van der Waals surface area contributed by atoms with Gasteiger partial charge in [0.05, 0.1) is 25.2 Å². The lowest BCUT2D eigenvalue weighted by molar-refractivity contribution is -0.156. The molecule has 176 valence electrons. The Bertz CT molecular complexity index is 709. The van der Waals surface area contributed by atoms with Crippen LogP contribution in [0.25, 0.3) is 0 Å². The van der Waals surface area contributed by atoms with E-state index >= 15 is 0 Å². The van der Waals surface area contributed by atoms with E-state index in [1.807, 2.05) is 30.3 Å². The van der Waals surface area contributed by atoms with Crippen molar-refractivity contribution in [3.05, 3.63) is 35.9 Å². The van der Waals surface area contributed by atoms with Gasteiger partial charge in [0.2, 0.25) is 0 Å². The number of esters is 1. The van der Waals surface area contributed by atoms with Crippen LogP contribution in [-0.4, -0.2) is 49.8 Å². The molecule has 0 spiro atoms. The molecule has 0 aromatic heterocycles. The molecule has 7 nitrogen and oxygen atoms in total. The summed E-state index contributed by atoms with van der Waals surface area (Å²) < 4.78 is 16.7. The molecule has 0 saturated heterocycles. The van der Waals surface area contributed by atoms with Crippen LogP contribution in [0.15, 0.2) is 30.3 Å². The average molecular weight is 454 g/mol. The molecule has 0 aliphatic rings. The number of hydrogen-bond donors (Lipinski definition) is 2. The molecule has 1 aromatic rings. The van der Waals surface area contributed by atoms with Gasteiger partial charge in [0, 0.05) is 0 Å². The van der Waals surface area contributed by atoms with Gasteiger partial charge in [-0.25, -0.2) is 4.79 Å². The minimum atomic E-state index is -2.11. The molecule has 2 unspecified atom stereocenters. The summed E-state index contributed by atoms with van der Waals surface area (Å²) in [4.78, 5) is 24.7. The van der Waals surface area contributed by atoms with Crippen LogP contribution in [0.5, 0.6) is 0 Å². The van der Waals surface area contributed by atoms with Crippen LogP contribution >= 0.6 is 0 Å². The highest BCUT2D eigenvalue weighted by Crippen LogP contribution is 2.36. The second-order valence-electron chi connectivity index (χ2n) is 10.2. The van der Waals surface area contributed by atoms with E-state index in [1.165, 1.54) is 0 Å². The maximum atomic E-state index is 12.3. The molecule has 1 aromatic carbocycles. The second kappa shape index (κ2) is 11.1.